The Bertz CT molecular complexity index is 1800. The molecule has 2 aliphatic rings. The lowest BCUT2D eigenvalue weighted by atomic mass is 9.72. The number of cyclic esters (lactones) is 1. The summed E-state index contributed by atoms with van der Waals surface area (Å²) in [7, 11) is 1.08. The molecule has 5 nitrogen and oxygen atoms in total. The highest BCUT2D eigenvalue weighted by Gasteiger charge is 2.43. The molecule has 0 N–H and O–H groups in total. The number of aryl methyl sites for hydroxylation is 1. The normalized spacial score (nSPS) is 19.8. The first kappa shape index (κ1) is 35.3. The molecule has 2 atom stereocenters. The number of halogens is 7. The molecule has 0 radical (unpaired) electrons. The van der Waals surface area contributed by atoms with Gasteiger partial charge in [0.2, 0.25) is 0 Å². The number of hydrogen-bond acceptors (Lipinski definition) is 4. The van der Waals surface area contributed by atoms with Gasteiger partial charge in [0.15, 0.2) is 0 Å². The zero-order valence-electron chi connectivity index (χ0n) is 26.9. The fraction of sp³-hybridized carbons (Fsp3) is 0.389. The molecule has 3 aromatic carbocycles. The number of carbonyl (C=O) groups excluding carboxylic acids is 2. The zero-order chi connectivity index (χ0) is 35.3. The number of alkyl halides is 6. The van der Waals surface area contributed by atoms with Crippen LogP contribution in [0.2, 0.25) is 5.02 Å². The van der Waals surface area contributed by atoms with Crippen LogP contribution in [-0.4, -0.2) is 36.7 Å². The van der Waals surface area contributed by atoms with Gasteiger partial charge in [0.1, 0.15) is 6.10 Å². The lowest BCUT2D eigenvalue weighted by Gasteiger charge is -2.36. The molecule has 0 saturated carbocycles. The van der Waals surface area contributed by atoms with Crippen LogP contribution in [0.5, 0.6) is 0 Å². The summed E-state index contributed by atoms with van der Waals surface area (Å²) in [6.45, 7) is 7.49. The molecule has 1 fully saturated rings. The molecule has 0 unspecified atom stereocenters. The summed E-state index contributed by atoms with van der Waals surface area (Å²) < 4.78 is 93.7. The van der Waals surface area contributed by atoms with E-state index in [9.17, 15) is 35.9 Å². The number of methoxy groups -OCH3 is 1. The van der Waals surface area contributed by atoms with Crippen molar-refractivity contribution in [2.75, 3.05) is 13.7 Å². The minimum atomic E-state index is -4.78. The topological polar surface area (TPSA) is 55.8 Å². The molecule has 12 heteroatoms. The predicted octanol–water partition coefficient (Wildman–Crippen LogP) is 10.7. The van der Waals surface area contributed by atoms with Crippen LogP contribution in [0.3, 0.4) is 0 Å². The first-order valence-electron chi connectivity index (χ1n) is 15.3. The Morgan fingerprint density at radius 1 is 1.00 bits per heavy atom. The first-order valence-corrected chi connectivity index (χ1v) is 15.6. The Balaban J connectivity index is 1.55. The average molecular weight is 694 g/mol. The van der Waals surface area contributed by atoms with Crippen LogP contribution < -0.4 is 0 Å². The number of allylic oxidation sites excluding steroid dienone is 1. The third kappa shape index (κ3) is 7.21. The SMILES string of the molecule is COC(=O)c1ccc(-c2ccc(Cl)c(C3=C(CN4C(=O)O[C@H](c5cc(C)cc(C(F)(F)F)c5)[C@@H]4C)CC(C)(C)CC3)c2)c(C(F)(F)F)c1. The van der Waals surface area contributed by atoms with E-state index >= 15 is 0 Å². The Hall–Kier alpha value is -3.99. The van der Waals surface area contributed by atoms with Gasteiger partial charge in [-0.3, -0.25) is 4.90 Å². The molecule has 256 valence electrons. The van der Waals surface area contributed by atoms with E-state index < -0.39 is 47.7 Å². The molecule has 1 saturated heterocycles. The summed E-state index contributed by atoms with van der Waals surface area (Å²) in [5.74, 6) is -0.899. The van der Waals surface area contributed by atoms with Crippen molar-refractivity contribution in [2.45, 2.75) is 71.5 Å². The summed E-state index contributed by atoms with van der Waals surface area (Å²) >= 11 is 6.70. The fourth-order valence-electron chi connectivity index (χ4n) is 6.59. The van der Waals surface area contributed by atoms with Crippen LogP contribution in [0.25, 0.3) is 16.7 Å². The highest BCUT2D eigenvalue weighted by molar-refractivity contribution is 6.32. The molecular formula is C36H34ClF6NO4. The van der Waals surface area contributed by atoms with Gasteiger partial charge in [0.25, 0.3) is 0 Å². The number of ether oxygens (including phenoxy) is 2. The van der Waals surface area contributed by atoms with Gasteiger partial charge >= 0.3 is 24.4 Å². The van der Waals surface area contributed by atoms with Crippen molar-refractivity contribution in [3.8, 4) is 11.1 Å². The van der Waals surface area contributed by atoms with E-state index in [4.69, 9.17) is 16.3 Å². The lowest BCUT2D eigenvalue weighted by Crippen LogP contribution is -2.35. The van der Waals surface area contributed by atoms with Crippen molar-refractivity contribution in [3.63, 3.8) is 0 Å². The minimum absolute atomic E-state index is 0.0926. The number of nitrogens with zero attached hydrogens (tertiary/aromatic N) is 1. The Morgan fingerprint density at radius 2 is 1.71 bits per heavy atom. The van der Waals surface area contributed by atoms with Gasteiger partial charge in [0.05, 0.1) is 29.8 Å². The van der Waals surface area contributed by atoms with E-state index in [1.54, 1.807) is 26.0 Å². The molecule has 1 amide bonds. The van der Waals surface area contributed by atoms with Gasteiger partial charge in [-0.05, 0) is 108 Å². The molecule has 3 aromatic rings. The van der Waals surface area contributed by atoms with Crippen LogP contribution in [0.15, 0.2) is 60.2 Å². The summed E-state index contributed by atoms with van der Waals surface area (Å²) in [4.78, 5) is 26.7. The summed E-state index contributed by atoms with van der Waals surface area (Å²) in [6.07, 6.45) is -9.18. The van der Waals surface area contributed by atoms with Crippen LogP contribution in [0.4, 0.5) is 31.1 Å². The molecule has 1 aliphatic carbocycles. The number of hydrogen-bond donors (Lipinski definition) is 0. The van der Waals surface area contributed by atoms with E-state index in [2.05, 4.69) is 18.6 Å². The van der Waals surface area contributed by atoms with Gasteiger partial charge in [-0.1, -0.05) is 49.2 Å². The van der Waals surface area contributed by atoms with Gasteiger partial charge in [-0.25, -0.2) is 9.59 Å². The van der Waals surface area contributed by atoms with E-state index in [1.807, 2.05) is 0 Å². The first-order chi connectivity index (χ1) is 22.3. The maximum absolute atomic E-state index is 14.2. The summed E-state index contributed by atoms with van der Waals surface area (Å²) in [5.41, 5.74) is 0.533. The molecule has 0 aromatic heterocycles. The number of carbonyl (C=O) groups is 2. The molecule has 0 bridgehead atoms. The van der Waals surface area contributed by atoms with Crippen molar-refractivity contribution in [2.24, 2.45) is 5.41 Å². The van der Waals surface area contributed by atoms with E-state index in [0.717, 1.165) is 42.9 Å². The largest absolute Gasteiger partial charge is 0.465 e. The zero-order valence-corrected chi connectivity index (χ0v) is 27.7. The molecular weight excluding hydrogens is 660 g/mol. The minimum Gasteiger partial charge on any atom is -0.465 e. The number of esters is 1. The predicted molar refractivity (Wildman–Crippen MR) is 169 cm³/mol. The molecule has 1 heterocycles. The third-order valence-corrected chi connectivity index (χ3v) is 9.36. The maximum Gasteiger partial charge on any atom is 0.417 e. The van der Waals surface area contributed by atoms with Crippen molar-refractivity contribution in [1.29, 1.82) is 0 Å². The quantitative estimate of drug-likeness (QED) is 0.190. The average Bonchev–Trinajstić information content (AvgIpc) is 3.28. The Labute approximate surface area is 279 Å². The van der Waals surface area contributed by atoms with Crippen LogP contribution >= 0.6 is 11.6 Å². The summed E-state index contributed by atoms with van der Waals surface area (Å²) in [5, 5.41) is 0.306. The highest BCUT2D eigenvalue weighted by Crippen LogP contribution is 2.47. The molecule has 1 aliphatic heterocycles. The Morgan fingerprint density at radius 3 is 2.35 bits per heavy atom. The second kappa shape index (κ2) is 12.8. The van der Waals surface area contributed by atoms with Crippen LogP contribution in [0, 0.1) is 12.3 Å². The van der Waals surface area contributed by atoms with Crippen molar-refractivity contribution in [1.82, 2.24) is 4.90 Å². The second-order valence-corrected chi connectivity index (χ2v) is 13.6. The summed E-state index contributed by atoms with van der Waals surface area (Å²) in [6, 6.07) is 10.8. The number of rotatable bonds is 6. The van der Waals surface area contributed by atoms with Crippen molar-refractivity contribution >= 4 is 29.2 Å². The standard InChI is InChI=1S/C36H34ClF6NO4/c1-19-12-23(14-25(13-19)35(38,39)40)31-20(2)44(33(46)48-31)18-24-17-34(3,4)11-10-26(24)28-15-21(7-9-30(28)37)27-8-6-22(32(45)47-5)16-29(27)36(41,42)43/h6-9,12-16,20,31H,10-11,17-18H2,1-5H3/t20-,31-/m0/s1. The second-order valence-electron chi connectivity index (χ2n) is 13.2. The fourth-order valence-corrected chi connectivity index (χ4v) is 6.83. The van der Waals surface area contributed by atoms with Crippen LogP contribution in [0.1, 0.15) is 84.3 Å². The smallest absolute Gasteiger partial charge is 0.417 e. The maximum atomic E-state index is 14.2. The molecule has 0 spiro atoms. The van der Waals surface area contributed by atoms with Crippen LogP contribution in [-0.2, 0) is 21.8 Å². The monoisotopic (exact) mass is 693 g/mol. The number of benzene rings is 3. The third-order valence-electron chi connectivity index (χ3n) is 9.03. The van der Waals surface area contributed by atoms with Gasteiger partial charge in [0, 0.05) is 11.6 Å². The Kier molecular flexibility index (Phi) is 9.42. The highest BCUT2D eigenvalue weighted by atomic mass is 35.5. The number of amides is 1. The van der Waals surface area contributed by atoms with E-state index in [0.29, 0.717) is 29.0 Å². The van der Waals surface area contributed by atoms with Gasteiger partial charge in [-0.2, -0.15) is 26.3 Å². The van der Waals surface area contributed by atoms with E-state index in [1.165, 1.54) is 29.2 Å². The van der Waals surface area contributed by atoms with Gasteiger partial charge < -0.3 is 9.47 Å². The molecule has 48 heavy (non-hydrogen) atoms. The van der Waals surface area contributed by atoms with Gasteiger partial charge in [-0.15, -0.1) is 0 Å². The van der Waals surface area contributed by atoms with E-state index in [-0.39, 0.29) is 34.2 Å². The lowest BCUT2D eigenvalue weighted by molar-refractivity contribution is -0.138. The van der Waals surface area contributed by atoms with Crippen molar-refractivity contribution in [3.05, 3.63) is 98.6 Å². The molecule has 5 rings (SSSR count). The van der Waals surface area contributed by atoms with Crippen molar-refractivity contribution < 1.29 is 45.4 Å².